The fourth-order valence-electron chi connectivity index (χ4n) is 3.32. The predicted molar refractivity (Wildman–Crippen MR) is 108 cm³/mol. The Bertz CT molecular complexity index is 1040. The number of aromatic nitrogens is 3. The molecule has 3 rings (SSSR count). The highest BCUT2D eigenvalue weighted by atomic mass is 35.5. The highest BCUT2D eigenvalue weighted by Crippen LogP contribution is 2.24. The second-order valence-corrected chi connectivity index (χ2v) is 6.88. The number of esters is 1. The zero-order valence-electron chi connectivity index (χ0n) is 16.3. The van der Waals surface area contributed by atoms with Crippen molar-refractivity contribution in [1.29, 1.82) is 0 Å². The summed E-state index contributed by atoms with van der Waals surface area (Å²) in [6.45, 7) is 7.95. The molecule has 2 heterocycles. The van der Waals surface area contributed by atoms with Crippen LogP contribution in [0.15, 0.2) is 36.4 Å². The number of benzene rings is 1. The molecule has 0 unspecified atom stereocenters. The zero-order valence-corrected chi connectivity index (χ0v) is 17.1. The quantitative estimate of drug-likeness (QED) is 0.457. The maximum absolute atomic E-state index is 12.6. The van der Waals surface area contributed by atoms with E-state index in [0.717, 1.165) is 23.6 Å². The van der Waals surface area contributed by atoms with E-state index in [0.29, 0.717) is 11.3 Å². The van der Waals surface area contributed by atoms with Gasteiger partial charge in [0.1, 0.15) is 10.7 Å². The molecular formula is C21H22ClN3O3. The number of nitrogens with zero attached hydrogens (tertiary/aromatic N) is 3. The van der Waals surface area contributed by atoms with Crippen molar-refractivity contribution in [2.75, 3.05) is 6.61 Å². The van der Waals surface area contributed by atoms with E-state index in [1.165, 1.54) is 4.68 Å². The zero-order chi connectivity index (χ0) is 20.4. The lowest BCUT2D eigenvalue weighted by atomic mass is 10.1. The molecule has 0 aliphatic heterocycles. The largest absolute Gasteiger partial charge is 0.454 e. The molecule has 0 N–H and O–H groups in total. The summed E-state index contributed by atoms with van der Waals surface area (Å²) in [7, 11) is 0. The first-order chi connectivity index (χ1) is 13.3. The minimum Gasteiger partial charge on any atom is -0.454 e. The van der Waals surface area contributed by atoms with Crippen LogP contribution in [-0.2, 0) is 11.3 Å². The second kappa shape index (κ2) is 8.02. The first kappa shape index (κ1) is 19.9. The van der Waals surface area contributed by atoms with E-state index in [-0.39, 0.29) is 23.1 Å². The highest BCUT2D eigenvalue weighted by Gasteiger charge is 2.24. The third-order valence-electron chi connectivity index (χ3n) is 4.73. The van der Waals surface area contributed by atoms with Gasteiger partial charge in [0.05, 0.1) is 11.4 Å². The monoisotopic (exact) mass is 399 g/mol. The summed E-state index contributed by atoms with van der Waals surface area (Å²) in [5.74, 6) is -0.910. The number of para-hydroxylation sites is 1. The van der Waals surface area contributed by atoms with Crippen molar-refractivity contribution < 1.29 is 14.3 Å². The molecule has 0 fully saturated rings. The summed E-state index contributed by atoms with van der Waals surface area (Å²) >= 11 is 6.37. The summed E-state index contributed by atoms with van der Waals surface area (Å²) in [5, 5.41) is 4.48. The van der Waals surface area contributed by atoms with Crippen molar-refractivity contribution in [1.82, 2.24) is 14.3 Å². The lowest BCUT2D eigenvalue weighted by Crippen LogP contribution is -2.15. The van der Waals surface area contributed by atoms with Crippen molar-refractivity contribution in [2.24, 2.45) is 0 Å². The Kier molecular flexibility index (Phi) is 5.70. The van der Waals surface area contributed by atoms with Crippen molar-refractivity contribution in [3.8, 4) is 5.69 Å². The number of rotatable bonds is 6. The highest BCUT2D eigenvalue weighted by molar-refractivity contribution is 6.33. The van der Waals surface area contributed by atoms with E-state index in [9.17, 15) is 9.59 Å². The van der Waals surface area contributed by atoms with Crippen LogP contribution in [0.2, 0.25) is 5.15 Å². The molecule has 2 aromatic heterocycles. The molecule has 0 saturated heterocycles. The fourth-order valence-corrected chi connectivity index (χ4v) is 3.67. The van der Waals surface area contributed by atoms with E-state index in [4.69, 9.17) is 16.3 Å². The molecule has 0 spiro atoms. The van der Waals surface area contributed by atoms with Gasteiger partial charge in [-0.05, 0) is 45.9 Å². The average molecular weight is 400 g/mol. The Morgan fingerprint density at radius 2 is 1.82 bits per heavy atom. The molecule has 7 heteroatoms. The molecule has 0 amide bonds. The number of aryl methyl sites for hydroxylation is 2. The third kappa shape index (κ3) is 3.60. The molecule has 0 bridgehead atoms. The molecule has 0 atom stereocenters. The van der Waals surface area contributed by atoms with Crippen LogP contribution >= 0.6 is 11.6 Å². The molecule has 0 aliphatic carbocycles. The Balaban J connectivity index is 1.77. The number of hydrogen-bond acceptors (Lipinski definition) is 4. The molecule has 28 heavy (non-hydrogen) atoms. The van der Waals surface area contributed by atoms with Crippen LogP contribution in [0.4, 0.5) is 0 Å². The summed E-state index contributed by atoms with van der Waals surface area (Å²) in [5.41, 5.74) is 3.77. The average Bonchev–Trinajstić information content (AvgIpc) is 3.15. The van der Waals surface area contributed by atoms with E-state index >= 15 is 0 Å². The first-order valence-electron chi connectivity index (χ1n) is 9.02. The summed E-state index contributed by atoms with van der Waals surface area (Å²) in [6.07, 6.45) is 0. The molecule has 1 aromatic carbocycles. The van der Waals surface area contributed by atoms with Gasteiger partial charge in [0, 0.05) is 23.5 Å². The number of hydrogen-bond donors (Lipinski definition) is 0. The van der Waals surface area contributed by atoms with Crippen LogP contribution in [0, 0.1) is 20.8 Å². The van der Waals surface area contributed by atoms with Crippen LogP contribution < -0.4 is 0 Å². The van der Waals surface area contributed by atoms with Gasteiger partial charge in [-0.3, -0.25) is 4.79 Å². The van der Waals surface area contributed by atoms with E-state index in [2.05, 4.69) is 5.10 Å². The molecule has 0 radical (unpaired) electrons. The molecule has 0 saturated carbocycles. The second-order valence-electron chi connectivity index (χ2n) is 6.53. The molecule has 0 aliphatic rings. The fraction of sp³-hybridized carbons (Fsp3) is 0.286. The van der Waals surface area contributed by atoms with Crippen molar-refractivity contribution in [2.45, 2.75) is 34.2 Å². The number of carbonyl (C=O) groups is 2. The van der Waals surface area contributed by atoms with Gasteiger partial charge in [-0.2, -0.15) is 5.10 Å². The van der Waals surface area contributed by atoms with Gasteiger partial charge in [-0.25, -0.2) is 9.48 Å². The SMILES string of the molecule is CCn1c(C)cc(C(=O)COC(=O)c2c(C)nn(-c3ccccc3)c2Cl)c1C. The van der Waals surface area contributed by atoms with Gasteiger partial charge in [0.2, 0.25) is 5.78 Å². The van der Waals surface area contributed by atoms with E-state index in [1.807, 2.05) is 61.7 Å². The standard InChI is InChI=1S/C21H22ClN3O3/c1-5-24-13(2)11-17(15(24)4)18(26)12-28-21(27)19-14(3)23-25(20(19)22)16-9-7-6-8-10-16/h6-11H,5,12H2,1-4H3. The lowest BCUT2D eigenvalue weighted by molar-refractivity contribution is 0.0474. The van der Waals surface area contributed by atoms with E-state index < -0.39 is 5.97 Å². The number of halogens is 1. The topological polar surface area (TPSA) is 66.1 Å². The third-order valence-corrected chi connectivity index (χ3v) is 5.08. The normalized spacial score (nSPS) is 10.9. The van der Waals surface area contributed by atoms with Crippen LogP contribution in [0.3, 0.4) is 0 Å². The summed E-state index contributed by atoms with van der Waals surface area (Å²) in [6, 6.07) is 11.1. The number of carbonyl (C=O) groups excluding carboxylic acids is 2. The predicted octanol–water partition coefficient (Wildman–Crippen LogP) is 4.31. The number of Topliss-reactive ketones (excluding diaryl/α,β-unsaturated/α-hetero) is 1. The van der Waals surface area contributed by atoms with Crippen molar-refractivity contribution >= 4 is 23.4 Å². The Hall–Kier alpha value is -2.86. The Labute approximate surface area is 168 Å². The minimum atomic E-state index is -0.665. The van der Waals surface area contributed by atoms with E-state index in [1.54, 1.807) is 6.92 Å². The lowest BCUT2D eigenvalue weighted by Gasteiger charge is -2.07. The van der Waals surface area contributed by atoms with Crippen molar-refractivity contribution in [3.05, 3.63) is 69.8 Å². The van der Waals surface area contributed by atoms with Gasteiger partial charge in [0.25, 0.3) is 0 Å². The molecule has 3 aromatic rings. The van der Waals surface area contributed by atoms with Gasteiger partial charge >= 0.3 is 5.97 Å². The molecule has 6 nitrogen and oxygen atoms in total. The van der Waals surface area contributed by atoms with Crippen LogP contribution in [0.25, 0.3) is 5.69 Å². The number of ketones is 1. The van der Waals surface area contributed by atoms with Crippen LogP contribution in [0.5, 0.6) is 0 Å². The van der Waals surface area contributed by atoms with Crippen LogP contribution in [-0.4, -0.2) is 32.7 Å². The van der Waals surface area contributed by atoms with Gasteiger partial charge < -0.3 is 9.30 Å². The van der Waals surface area contributed by atoms with Gasteiger partial charge in [0.15, 0.2) is 6.61 Å². The van der Waals surface area contributed by atoms with Gasteiger partial charge in [-0.1, -0.05) is 29.8 Å². The maximum Gasteiger partial charge on any atom is 0.343 e. The van der Waals surface area contributed by atoms with Gasteiger partial charge in [-0.15, -0.1) is 0 Å². The molecule has 146 valence electrons. The Morgan fingerprint density at radius 1 is 1.14 bits per heavy atom. The summed E-state index contributed by atoms with van der Waals surface area (Å²) in [4.78, 5) is 25.1. The Morgan fingerprint density at radius 3 is 2.43 bits per heavy atom. The van der Waals surface area contributed by atoms with Crippen molar-refractivity contribution in [3.63, 3.8) is 0 Å². The minimum absolute atomic E-state index is 0.158. The summed E-state index contributed by atoms with van der Waals surface area (Å²) < 4.78 is 8.78. The smallest absolute Gasteiger partial charge is 0.343 e. The first-order valence-corrected chi connectivity index (χ1v) is 9.40. The molecular weight excluding hydrogens is 378 g/mol. The number of ether oxygens (including phenoxy) is 1. The van der Waals surface area contributed by atoms with Crippen LogP contribution in [0.1, 0.15) is 44.7 Å². The maximum atomic E-state index is 12.6.